The van der Waals surface area contributed by atoms with Crippen LogP contribution < -0.4 is 5.32 Å². The van der Waals surface area contributed by atoms with Gasteiger partial charge in [0.2, 0.25) is 11.8 Å². The molecule has 3 aromatic carbocycles. The minimum Gasteiger partial charge on any atom is -0.481 e. The van der Waals surface area contributed by atoms with Crippen LogP contribution in [-0.2, 0) is 4.79 Å². The van der Waals surface area contributed by atoms with Gasteiger partial charge in [0.15, 0.2) is 5.78 Å². The van der Waals surface area contributed by atoms with Crippen LogP contribution in [-0.4, -0.2) is 27.1 Å². The van der Waals surface area contributed by atoms with Gasteiger partial charge in [-0.2, -0.15) is 0 Å². The predicted octanol–water partition coefficient (Wildman–Crippen LogP) is 7.18. The standard InChI is InChI=1S/C30H31N3O4/c1-2-3-10-26(21-13-15-22(16-14-21)27(34)11-7-12-28(35)36)31-25-19-17-24(18-20-25)30-33-32-29(37-30)23-8-5-4-6-9-23/h4-6,8-9,13-20,26,31H,2-3,7,10-12H2,1H3,(H,35,36). The molecule has 0 aliphatic heterocycles. The molecule has 0 aliphatic rings. The van der Waals surface area contributed by atoms with Gasteiger partial charge in [0.1, 0.15) is 0 Å². The Morgan fingerprint density at radius 1 is 0.838 bits per heavy atom. The average molecular weight is 498 g/mol. The fraction of sp³-hybridized carbons (Fsp3) is 0.267. The highest BCUT2D eigenvalue weighted by Gasteiger charge is 2.14. The van der Waals surface area contributed by atoms with Crippen LogP contribution in [0.25, 0.3) is 22.9 Å². The van der Waals surface area contributed by atoms with Gasteiger partial charge in [0.25, 0.3) is 0 Å². The summed E-state index contributed by atoms with van der Waals surface area (Å²) in [5.74, 6) is 0.0470. The molecule has 0 bridgehead atoms. The molecule has 4 rings (SSSR count). The number of nitrogens with one attached hydrogen (secondary N) is 1. The molecule has 37 heavy (non-hydrogen) atoms. The van der Waals surface area contributed by atoms with E-state index in [-0.39, 0.29) is 24.7 Å². The summed E-state index contributed by atoms with van der Waals surface area (Å²) in [4.78, 5) is 23.1. The Bertz CT molecular complexity index is 1300. The molecule has 7 nitrogen and oxygen atoms in total. The topological polar surface area (TPSA) is 105 Å². The van der Waals surface area contributed by atoms with Crippen LogP contribution in [0.15, 0.2) is 83.3 Å². The van der Waals surface area contributed by atoms with Crippen molar-refractivity contribution in [3.05, 3.63) is 90.0 Å². The van der Waals surface area contributed by atoms with E-state index in [9.17, 15) is 9.59 Å². The van der Waals surface area contributed by atoms with Crippen LogP contribution >= 0.6 is 0 Å². The first kappa shape index (κ1) is 25.8. The van der Waals surface area contributed by atoms with Gasteiger partial charge < -0.3 is 14.8 Å². The number of aliphatic carboxylic acids is 1. The Morgan fingerprint density at radius 3 is 2.11 bits per heavy atom. The first-order valence-corrected chi connectivity index (χ1v) is 12.6. The molecule has 0 amide bonds. The number of rotatable bonds is 13. The number of nitrogens with zero attached hydrogens (tertiary/aromatic N) is 2. The summed E-state index contributed by atoms with van der Waals surface area (Å²) < 4.78 is 5.87. The first-order chi connectivity index (χ1) is 18.0. The molecule has 0 saturated heterocycles. The first-order valence-electron chi connectivity index (χ1n) is 12.6. The van der Waals surface area contributed by atoms with Crippen molar-refractivity contribution in [3.8, 4) is 22.9 Å². The van der Waals surface area contributed by atoms with Gasteiger partial charge in [-0.25, -0.2) is 0 Å². The van der Waals surface area contributed by atoms with Crippen LogP contribution in [0.2, 0.25) is 0 Å². The molecule has 0 aliphatic carbocycles. The van der Waals surface area contributed by atoms with Crippen LogP contribution in [0.4, 0.5) is 5.69 Å². The molecule has 190 valence electrons. The fourth-order valence-corrected chi connectivity index (χ4v) is 4.12. The lowest BCUT2D eigenvalue weighted by Gasteiger charge is -2.21. The van der Waals surface area contributed by atoms with E-state index in [1.807, 2.05) is 78.9 Å². The summed E-state index contributed by atoms with van der Waals surface area (Å²) in [6.45, 7) is 2.17. The van der Waals surface area contributed by atoms with Crippen LogP contribution in [0.5, 0.6) is 0 Å². The van der Waals surface area contributed by atoms with E-state index < -0.39 is 5.97 Å². The largest absolute Gasteiger partial charge is 0.481 e. The molecule has 1 atom stereocenters. The third kappa shape index (κ3) is 7.13. The number of carbonyl (C=O) groups excluding carboxylic acids is 1. The zero-order valence-corrected chi connectivity index (χ0v) is 20.9. The highest BCUT2D eigenvalue weighted by atomic mass is 16.4. The maximum absolute atomic E-state index is 12.4. The van der Waals surface area contributed by atoms with E-state index in [1.165, 1.54) is 0 Å². The zero-order chi connectivity index (χ0) is 26.0. The Balaban J connectivity index is 1.43. The molecule has 2 N–H and O–H groups in total. The van der Waals surface area contributed by atoms with Gasteiger partial charge >= 0.3 is 5.97 Å². The van der Waals surface area contributed by atoms with Crippen molar-refractivity contribution < 1.29 is 19.1 Å². The van der Waals surface area contributed by atoms with Crippen molar-refractivity contribution in [2.75, 3.05) is 5.32 Å². The number of benzene rings is 3. The quantitative estimate of drug-likeness (QED) is 0.188. The summed E-state index contributed by atoms with van der Waals surface area (Å²) in [7, 11) is 0. The summed E-state index contributed by atoms with van der Waals surface area (Å²) in [5, 5.41) is 20.8. The van der Waals surface area contributed by atoms with Crippen molar-refractivity contribution in [1.29, 1.82) is 0 Å². The zero-order valence-electron chi connectivity index (χ0n) is 20.9. The Labute approximate surface area is 216 Å². The molecule has 1 unspecified atom stereocenters. The number of carbonyl (C=O) groups is 2. The van der Waals surface area contributed by atoms with Crippen molar-refractivity contribution >= 4 is 17.4 Å². The number of carboxylic acids is 1. The van der Waals surface area contributed by atoms with Gasteiger partial charge in [-0.1, -0.05) is 62.2 Å². The van der Waals surface area contributed by atoms with Gasteiger partial charge in [-0.15, -0.1) is 10.2 Å². The number of hydrogen-bond acceptors (Lipinski definition) is 6. The Hall–Kier alpha value is -4.26. The lowest BCUT2D eigenvalue weighted by atomic mass is 9.97. The highest BCUT2D eigenvalue weighted by molar-refractivity contribution is 5.96. The Morgan fingerprint density at radius 2 is 1.49 bits per heavy atom. The van der Waals surface area contributed by atoms with E-state index >= 15 is 0 Å². The Kier molecular flexibility index (Phi) is 8.81. The van der Waals surface area contributed by atoms with E-state index in [1.54, 1.807) is 0 Å². The van der Waals surface area contributed by atoms with Gasteiger partial charge in [0.05, 0.1) is 6.04 Å². The van der Waals surface area contributed by atoms with E-state index in [4.69, 9.17) is 9.52 Å². The van der Waals surface area contributed by atoms with Gasteiger partial charge in [0, 0.05) is 35.2 Å². The minimum atomic E-state index is -0.880. The lowest BCUT2D eigenvalue weighted by molar-refractivity contribution is -0.137. The maximum atomic E-state index is 12.4. The molecular formula is C30H31N3O4. The summed E-state index contributed by atoms with van der Waals surface area (Å²) >= 11 is 0. The summed E-state index contributed by atoms with van der Waals surface area (Å²) in [6, 6.07) is 25.3. The van der Waals surface area contributed by atoms with Crippen molar-refractivity contribution in [2.45, 2.75) is 51.5 Å². The molecule has 0 radical (unpaired) electrons. The number of unbranched alkanes of at least 4 members (excludes halogenated alkanes) is 1. The monoisotopic (exact) mass is 497 g/mol. The van der Waals surface area contributed by atoms with Crippen molar-refractivity contribution in [2.24, 2.45) is 0 Å². The second-order valence-electron chi connectivity index (χ2n) is 8.99. The molecule has 0 fully saturated rings. The third-order valence-corrected chi connectivity index (χ3v) is 6.19. The minimum absolute atomic E-state index is 0.00626. The highest BCUT2D eigenvalue weighted by Crippen LogP contribution is 2.28. The van der Waals surface area contributed by atoms with Gasteiger partial charge in [-0.05, 0) is 54.8 Å². The summed E-state index contributed by atoms with van der Waals surface area (Å²) in [5.41, 5.74) is 4.41. The second-order valence-corrected chi connectivity index (χ2v) is 8.99. The van der Waals surface area contributed by atoms with Crippen molar-refractivity contribution in [3.63, 3.8) is 0 Å². The fourth-order valence-electron chi connectivity index (χ4n) is 4.12. The molecule has 0 saturated carbocycles. The molecule has 1 heterocycles. The molecule has 1 aromatic heterocycles. The number of ketones is 1. The number of carboxylic acid groups (broad SMARTS) is 1. The van der Waals surface area contributed by atoms with Crippen LogP contribution in [0.1, 0.15) is 67.4 Å². The SMILES string of the molecule is CCCCC(Nc1ccc(-c2nnc(-c3ccccc3)o2)cc1)c1ccc(C(=O)CCCC(=O)O)cc1. The molecular weight excluding hydrogens is 466 g/mol. The molecule has 7 heteroatoms. The van der Waals surface area contributed by atoms with Crippen LogP contribution in [0, 0.1) is 0 Å². The number of anilines is 1. The lowest BCUT2D eigenvalue weighted by Crippen LogP contribution is -2.11. The average Bonchev–Trinajstić information content (AvgIpc) is 3.42. The van der Waals surface area contributed by atoms with E-state index in [2.05, 4.69) is 22.4 Å². The van der Waals surface area contributed by atoms with Crippen molar-refractivity contribution in [1.82, 2.24) is 10.2 Å². The number of Topliss-reactive ketones (excluding diaryl/α,β-unsaturated/α-hetero) is 1. The second kappa shape index (κ2) is 12.6. The normalized spacial score (nSPS) is 11.7. The molecule has 0 spiro atoms. The van der Waals surface area contributed by atoms with Gasteiger partial charge in [-0.3, -0.25) is 9.59 Å². The van der Waals surface area contributed by atoms with E-state index in [0.717, 1.165) is 41.6 Å². The van der Waals surface area contributed by atoms with E-state index in [0.29, 0.717) is 23.8 Å². The maximum Gasteiger partial charge on any atom is 0.303 e. The third-order valence-electron chi connectivity index (χ3n) is 6.19. The summed E-state index contributed by atoms with van der Waals surface area (Å²) in [6.07, 6.45) is 3.70. The molecule has 4 aromatic rings. The van der Waals surface area contributed by atoms with Crippen LogP contribution in [0.3, 0.4) is 0 Å². The predicted molar refractivity (Wildman–Crippen MR) is 143 cm³/mol. The number of aromatic nitrogens is 2. The number of hydrogen-bond donors (Lipinski definition) is 2. The smallest absolute Gasteiger partial charge is 0.303 e.